The van der Waals surface area contributed by atoms with Crippen LogP contribution in [0.4, 0.5) is 0 Å². The maximum absolute atomic E-state index is 5.59. The molecule has 1 aliphatic heterocycles. The lowest BCUT2D eigenvalue weighted by molar-refractivity contribution is 0.302. The van der Waals surface area contributed by atoms with Gasteiger partial charge in [0.2, 0.25) is 0 Å². The summed E-state index contributed by atoms with van der Waals surface area (Å²) in [5.74, 6) is 0.915. The highest BCUT2D eigenvalue weighted by Crippen LogP contribution is 2.16. The van der Waals surface area contributed by atoms with E-state index in [-0.39, 0.29) is 0 Å². The van der Waals surface area contributed by atoms with Gasteiger partial charge in [-0.2, -0.15) is 5.10 Å². The van der Waals surface area contributed by atoms with Crippen molar-refractivity contribution in [3.63, 3.8) is 0 Å². The van der Waals surface area contributed by atoms with Crippen molar-refractivity contribution in [2.75, 3.05) is 19.7 Å². The van der Waals surface area contributed by atoms with Crippen LogP contribution in [0.3, 0.4) is 0 Å². The first-order chi connectivity index (χ1) is 8.90. The van der Waals surface area contributed by atoms with E-state index in [2.05, 4.69) is 10.1 Å². The van der Waals surface area contributed by atoms with Crippen LogP contribution in [0.2, 0.25) is 0 Å². The fourth-order valence-corrected chi connectivity index (χ4v) is 2.19. The third-order valence-electron chi connectivity index (χ3n) is 3.16. The molecule has 0 radical (unpaired) electrons. The molecule has 0 amide bonds. The highest BCUT2D eigenvalue weighted by Gasteiger charge is 2.06. The van der Waals surface area contributed by atoms with E-state index in [9.17, 15) is 0 Å². The molecule has 0 aliphatic carbocycles. The van der Waals surface area contributed by atoms with Crippen LogP contribution in [0.25, 0.3) is 0 Å². The van der Waals surface area contributed by atoms with Gasteiger partial charge in [0.1, 0.15) is 5.75 Å². The molecule has 0 bridgehead atoms. The molecule has 0 aromatic heterocycles. The van der Waals surface area contributed by atoms with E-state index in [0.29, 0.717) is 6.61 Å². The summed E-state index contributed by atoms with van der Waals surface area (Å²) in [5, 5.41) is 6.76. The predicted molar refractivity (Wildman–Crippen MR) is 75.2 cm³/mol. The van der Waals surface area contributed by atoms with E-state index >= 15 is 0 Å². The Balaban J connectivity index is 2.02. The summed E-state index contributed by atoms with van der Waals surface area (Å²) in [6.45, 7) is 4.85. The number of hydrazone groups is 1. The summed E-state index contributed by atoms with van der Waals surface area (Å²) in [6.07, 6.45) is 7.11. The third kappa shape index (κ3) is 3.76. The fraction of sp³-hybridized carbons (Fsp3) is 0.533. The molecule has 18 heavy (non-hydrogen) atoms. The number of ether oxygens (including phenoxy) is 1. The average Bonchev–Trinajstić information content (AvgIpc) is 2.67. The van der Waals surface area contributed by atoms with Crippen LogP contribution in [0.15, 0.2) is 29.4 Å². The summed E-state index contributed by atoms with van der Waals surface area (Å²) < 4.78 is 5.59. The predicted octanol–water partition coefficient (Wildman–Crippen LogP) is 3.30. The molecule has 1 aromatic rings. The fourth-order valence-electron chi connectivity index (χ4n) is 2.19. The van der Waals surface area contributed by atoms with Crippen molar-refractivity contribution >= 4 is 6.21 Å². The maximum atomic E-state index is 5.59. The monoisotopic (exact) mass is 246 g/mol. The average molecular weight is 246 g/mol. The van der Waals surface area contributed by atoms with E-state index in [1.807, 2.05) is 37.4 Å². The van der Waals surface area contributed by atoms with Crippen molar-refractivity contribution in [2.24, 2.45) is 5.10 Å². The first kappa shape index (κ1) is 12.9. The van der Waals surface area contributed by atoms with Crippen molar-refractivity contribution in [2.45, 2.75) is 32.6 Å². The molecule has 0 unspecified atom stereocenters. The Morgan fingerprint density at radius 1 is 1.17 bits per heavy atom. The zero-order chi connectivity index (χ0) is 12.6. The van der Waals surface area contributed by atoms with Crippen molar-refractivity contribution < 1.29 is 4.74 Å². The second-order valence-electron chi connectivity index (χ2n) is 4.58. The van der Waals surface area contributed by atoms with Gasteiger partial charge in [-0.3, -0.25) is 5.01 Å². The minimum atomic E-state index is 0.689. The molecule has 0 saturated carbocycles. The van der Waals surface area contributed by atoms with Crippen LogP contribution < -0.4 is 4.74 Å². The first-order valence-corrected chi connectivity index (χ1v) is 6.91. The van der Waals surface area contributed by atoms with Crippen molar-refractivity contribution in [1.29, 1.82) is 0 Å². The van der Waals surface area contributed by atoms with Gasteiger partial charge in [0.15, 0.2) is 0 Å². The van der Waals surface area contributed by atoms with Gasteiger partial charge >= 0.3 is 0 Å². The molecule has 0 atom stereocenters. The highest BCUT2D eigenvalue weighted by atomic mass is 16.5. The maximum Gasteiger partial charge on any atom is 0.128 e. The number of para-hydroxylation sites is 1. The lowest BCUT2D eigenvalue weighted by Crippen LogP contribution is -2.18. The summed E-state index contributed by atoms with van der Waals surface area (Å²) in [5.41, 5.74) is 1.06. The van der Waals surface area contributed by atoms with Gasteiger partial charge in [-0.25, -0.2) is 0 Å². The number of benzene rings is 1. The Morgan fingerprint density at radius 3 is 2.61 bits per heavy atom. The lowest BCUT2D eigenvalue weighted by Gasteiger charge is -2.15. The Morgan fingerprint density at radius 2 is 1.89 bits per heavy atom. The molecule has 1 fully saturated rings. The first-order valence-electron chi connectivity index (χ1n) is 6.91. The van der Waals surface area contributed by atoms with Crippen molar-refractivity contribution in [3.05, 3.63) is 29.8 Å². The minimum Gasteiger partial charge on any atom is -0.493 e. The normalized spacial score (nSPS) is 16.8. The van der Waals surface area contributed by atoms with Crippen LogP contribution >= 0.6 is 0 Å². The van der Waals surface area contributed by atoms with Crippen molar-refractivity contribution in [3.8, 4) is 5.75 Å². The SMILES string of the molecule is CCOc1ccccc1/C=N/N1CCCCCC1. The van der Waals surface area contributed by atoms with Crippen molar-refractivity contribution in [1.82, 2.24) is 5.01 Å². The largest absolute Gasteiger partial charge is 0.493 e. The smallest absolute Gasteiger partial charge is 0.128 e. The second kappa shape index (κ2) is 7.04. The molecular weight excluding hydrogens is 224 g/mol. The van der Waals surface area contributed by atoms with Gasteiger partial charge in [-0.05, 0) is 31.9 Å². The summed E-state index contributed by atoms with van der Waals surface area (Å²) in [6, 6.07) is 8.06. The van der Waals surface area contributed by atoms with Gasteiger partial charge in [-0.15, -0.1) is 0 Å². The van der Waals surface area contributed by atoms with Gasteiger partial charge in [-0.1, -0.05) is 25.0 Å². The zero-order valence-corrected chi connectivity index (χ0v) is 11.1. The summed E-state index contributed by atoms with van der Waals surface area (Å²) >= 11 is 0. The van der Waals surface area contributed by atoms with Gasteiger partial charge in [0, 0.05) is 18.7 Å². The van der Waals surface area contributed by atoms with E-state index in [0.717, 1.165) is 24.4 Å². The van der Waals surface area contributed by atoms with E-state index in [1.54, 1.807) is 0 Å². The van der Waals surface area contributed by atoms with E-state index in [4.69, 9.17) is 4.74 Å². The van der Waals surface area contributed by atoms with E-state index < -0.39 is 0 Å². The summed E-state index contributed by atoms with van der Waals surface area (Å²) in [4.78, 5) is 0. The van der Waals surface area contributed by atoms with Crippen LogP contribution in [0, 0.1) is 0 Å². The molecule has 3 nitrogen and oxygen atoms in total. The van der Waals surface area contributed by atoms with E-state index in [1.165, 1.54) is 25.7 Å². The number of nitrogens with zero attached hydrogens (tertiary/aromatic N) is 2. The lowest BCUT2D eigenvalue weighted by atomic mass is 10.2. The molecule has 2 rings (SSSR count). The Labute approximate surface area is 109 Å². The molecule has 3 heteroatoms. The number of rotatable bonds is 4. The third-order valence-corrected chi connectivity index (χ3v) is 3.16. The topological polar surface area (TPSA) is 24.8 Å². The van der Waals surface area contributed by atoms with Crippen LogP contribution in [-0.2, 0) is 0 Å². The van der Waals surface area contributed by atoms with Gasteiger partial charge < -0.3 is 4.74 Å². The number of hydrogen-bond donors (Lipinski definition) is 0. The molecule has 1 saturated heterocycles. The van der Waals surface area contributed by atoms with Crippen LogP contribution in [-0.4, -0.2) is 30.9 Å². The standard InChI is InChI=1S/C15H22N2O/c1-2-18-15-10-6-5-9-14(15)13-16-17-11-7-3-4-8-12-17/h5-6,9-10,13H,2-4,7-8,11-12H2,1H3/b16-13+. The Kier molecular flexibility index (Phi) is 5.06. The molecule has 0 spiro atoms. The second-order valence-corrected chi connectivity index (χ2v) is 4.58. The molecule has 0 N–H and O–H groups in total. The highest BCUT2D eigenvalue weighted by molar-refractivity contribution is 5.83. The number of hydrogen-bond acceptors (Lipinski definition) is 3. The Hall–Kier alpha value is -1.51. The summed E-state index contributed by atoms with van der Waals surface area (Å²) in [7, 11) is 0. The zero-order valence-electron chi connectivity index (χ0n) is 11.1. The van der Waals surface area contributed by atoms with Gasteiger partial charge in [0.25, 0.3) is 0 Å². The minimum absolute atomic E-state index is 0.689. The molecule has 1 heterocycles. The van der Waals surface area contributed by atoms with Crippen LogP contribution in [0.1, 0.15) is 38.2 Å². The van der Waals surface area contributed by atoms with Gasteiger partial charge in [0.05, 0.1) is 12.8 Å². The molecular formula is C15H22N2O. The quantitative estimate of drug-likeness (QED) is 0.761. The molecule has 1 aliphatic rings. The molecule has 98 valence electrons. The molecule has 1 aromatic carbocycles. The Bertz CT molecular complexity index is 382. The van der Waals surface area contributed by atoms with Crippen LogP contribution in [0.5, 0.6) is 5.75 Å².